The van der Waals surface area contributed by atoms with Crippen LogP contribution in [0.1, 0.15) is 5.56 Å². The highest BCUT2D eigenvalue weighted by Crippen LogP contribution is 2.31. The Balaban J connectivity index is 2.05. The molecule has 0 aliphatic carbocycles. The normalized spacial score (nSPS) is 17.6. The van der Waals surface area contributed by atoms with Crippen molar-refractivity contribution in [2.75, 3.05) is 38.1 Å². The summed E-state index contributed by atoms with van der Waals surface area (Å²) in [6.07, 6.45) is 2.00. The van der Waals surface area contributed by atoms with Crippen LogP contribution in [-0.2, 0) is 6.54 Å². The highest BCUT2D eigenvalue weighted by atomic mass is 15.2. The van der Waals surface area contributed by atoms with Crippen LogP contribution in [0.25, 0.3) is 10.9 Å². The summed E-state index contributed by atoms with van der Waals surface area (Å²) in [7, 11) is 2.18. The molecule has 3 rings (SSSR count). The SMILES string of the molecule is CN1CCN(c2c(CN)ccc3[nH]ccc23)CC1. The van der Waals surface area contributed by atoms with E-state index in [1.807, 2.05) is 6.20 Å². The van der Waals surface area contributed by atoms with E-state index in [0.29, 0.717) is 6.54 Å². The number of nitrogens with one attached hydrogen (secondary N) is 1. The second-order valence-corrected chi connectivity index (χ2v) is 5.01. The second-order valence-electron chi connectivity index (χ2n) is 5.01. The van der Waals surface area contributed by atoms with E-state index < -0.39 is 0 Å². The molecule has 2 heterocycles. The van der Waals surface area contributed by atoms with Gasteiger partial charge in [0.2, 0.25) is 0 Å². The van der Waals surface area contributed by atoms with Gasteiger partial charge >= 0.3 is 0 Å². The number of nitrogens with zero attached hydrogens (tertiary/aromatic N) is 2. The number of piperazine rings is 1. The quantitative estimate of drug-likeness (QED) is 0.839. The molecular formula is C14H20N4. The van der Waals surface area contributed by atoms with Crippen molar-refractivity contribution >= 4 is 16.6 Å². The largest absolute Gasteiger partial charge is 0.368 e. The van der Waals surface area contributed by atoms with E-state index >= 15 is 0 Å². The van der Waals surface area contributed by atoms with Gasteiger partial charge in [0.1, 0.15) is 0 Å². The molecule has 3 N–H and O–H groups in total. The summed E-state index contributed by atoms with van der Waals surface area (Å²) in [5, 5.41) is 1.29. The van der Waals surface area contributed by atoms with Gasteiger partial charge < -0.3 is 20.5 Å². The smallest absolute Gasteiger partial charge is 0.0507 e. The van der Waals surface area contributed by atoms with Crippen LogP contribution in [0, 0.1) is 0 Å². The van der Waals surface area contributed by atoms with E-state index in [9.17, 15) is 0 Å². The van der Waals surface area contributed by atoms with Crippen LogP contribution in [0.2, 0.25) is 0 Å². The molecule has 0 atom stereocenters. The number of aromatic nitrogens is 1. The van der Waals surface area contributed by atoms with Gasteiger partial charge in [-0.3, -0.25) is 0 Å². The van der Waals surface area contributed by atoms with Crippen LogP contribution in [-0.4, -0.2) is 43.1 Å². The lowest BCUT2D eigenvalue weighted by molar-refractivity contribution is 0.313. The fourth-order valence-corrected chi connectivity index (χ4v) is 2.73. The standard InChI is InChI=1S/C14H20N4/c1-17-6-8-18(9-7-17)14-11(10-15)2-3-13-12(14)4-5-16-13/h2-5,16H,6-10,15H2,1H3. The lowest BCUT2D eigenvalue weighted by atomic mass is 10.1. The molecule has 0 spiro atoms. The lowest BCUT2D eigenvalue weighted by Gasteiger charge is -2.35. The highest BCUT2D eigenvalue weighted by Gasteiger charge is 2.19. The lowest BCUT2D eigenvalue weighted by Crippen LogP contribution is -2.45. The maximum absolute atomic E-state index is 5.90. The third-order valence-corrected chi connectivity index (χ3v) is 3.83. The third kappa shape index (κ3) is 1.87. The van der Waals surface area contributed by atoms with Crippen LogP contribution in [0.3, 0.4) is 0 Å². The van der Waals surface area contributed by atoms with Crippen LogP contribution in [0.5, 0.6) is 0 Å². The predicted molar refractivity (Wildman–Crippen MR) is 75.9 cm³/mol. The Morgan fingerprint density at radius 1 is 1.17 bits per heavy atom. The molecule has 0 bridgehead atoms. The molecule has 18 heavy (non-hydrogen) atoms. The minimum Gasteiger partial charge on any atom is -0.368 e. The first-order valence-corrected chi connectivity index (χ1v) is 6.52. The summed E-state index contributed by atoms with van der Waals surface area (Å²) in [4.78, 5) is 8.12. The summed E-state index contributed by atoms with van der Waals surface area (Å²) >= 11 is 0. The van der Waals surface area contributed by atoms with Gasteiger partial charge in [0, 0.05) is 49.8 Å². The molecule has 1 fully saturated rings. The number of H-pyrrole nitrogens is 1. The molecule has 4 heteroatoms. The second kappa shape index (κ2) is 4.63. The minimum absolute atomic E-state index is 0.600. The number of anilines is 1. The minimum atomic E-state index is 0.600. The topological polar surface area (TPSA) is 48.3 Å². The first kappa shape index (κ1) is 11.6. The van der Waals surface area contributed by atoms with Gasteiger partial charge in [-0.25, -0.2) is 0 Å². The van der Waals surface area contributed by atoms with Crippen LogP contribution < -0.4 is 10.6 Å². The molecular weight excluding hydrogens is 224 g/mol. The maximum Gasteiger partial charge on any atom is 0.0507 e. The van der Waals surface area contributed by atoms with Crippen molar-refractivity contribution in [3.05, 3.63) is 30.0 Å². The first-order valence-electron chi connectivity index (χ1n) is 6.52. The number of hydrogen-bond donors (Lipinski definition) is 2. The predicted octanol–water partition coefficient (Wildman–Crippen LogP) is 1.38. The summed E-state index contributed by atoms with van der Waals surface area (Å²) < 4.78 is 0. The van der Waals surface area contributed by atoms with E-state index in [-0.39, 0.29) is 0 Å². The fourth-order valence-electron chi connectivity index (χ4n) is 2.73. The summed E-state index contributed by atoms with van der Waals surface area (Å²) in [6.45, 7) is 4.99. The molecule has 0 unspecified atom stereocenters. The van der Waals surface area contributed by atoms with E-state index in [2.05, 4.69) is 40.0 Å². The Morgan fingerprint density at radius 3 is 2.67 bits per heavy atom. The van der Waals surface area contributed by atoms with Gasteiger partial charge in [-0.2, -0.15) is 0 Å². The monoisotopic (exact) mass is 244 g/mol. The van der Waals surface area contributed by atoms with E-state index in [1.165, 1.54) is 22.2 Å². The van der Waals surface area contributed by atoms with Crippen molar-refractivity contribution in [3.8, 4) is 0 Å². The average Bonchev–Trinajstić information content (AvgIpc) is 2.87. The number of nitrogens with two attached hydrogens (primary N) is 1. The van der Waals surface area contributed by atoms with Crippen molar-refractivity contribution in [2.45, 2.75) is 6.54 Å². The molecule has 1 aromatic heterocycles. The zero-order chi connectivity index (χ0) is 12.5. The molecule has 2 aromatic rings. The van der Waals surface area contributed by atoms with Crippen molar-refractivity contribution in [1.29, 1.82) is 0 Å². The maximum atomic E-state index is 5.90. The number of benzene rings is 1. The number of fused-ring (bicyclic) bond motifs is 1. The first-order chi connectivity index (χ1) is 8.79. The Bertz CT molecular complexity index is 538. The van der Waals surface area contributed by atoms with Crippen molar-refractivity contribution in [3.63, 3.8) is 0 Å². The molecule has 1 aromatic carbocycles. The number of rotatable bonds is 2. The van der Waals surface area contributed by atoms with E-state index in [1.54, 1.807) is 0 Å². The average molecular weight is 244 g/mol. The van der Waals surface area contributed by atoms with E-state index in [4.69, 9.17) is 5.73 Å². The third-order valence-electron chi connectivity index (χ3n) is 3.83. The van der Waals surface area contributed by atoms with Gasteiger partial charge in [-0.15, -0.1) is 0 Å². The Morgan fingerprint density at radius 2 is 1.94 bits per heavy atom. The van der Waals surface area contributed by atoms with E-state index in [0.717, 1.165) is 26.2 Å². The van der Waals surface area contributed by atoms with Crippen molar-refractivity contribution in [1.82, 2.24) is 9.88 Å². The van der Waals surface area contributed by atoms with Gasteiger partial charge in [0.25, 0.3) is 0 Å². The molecule has 1 aliphatic rings. The molecule has 0 saturated carbocycles. The summed E-state index contributed by atoms with van der Waals surface area (Å²) in [5.41, 5.74) is 9.66. The Hall–Kier alpha value is -1.52. The molecule has 96 valence electrons. The van der Waals surface area contributed by atoms with Crippen molar-refractivity contribution < 1.29 is 0 Å². The Kier molecular flexibility index (Phi) is 2.97. The highest BCUT2D eigenvalue weighted by molar-refractivity contribution is 5.94. The summed E-state index contributed by atoms with van der Waals surface area (Å²) in [5.74, 6) is 0. The summed E-state index contributed by atoms with van der Waals surface area (Å²) in [6, 6.07) is 6.42. The molecule has 1 aliphatic heterocycles. The van der Waals surface area contributed by atoms with Crippen LogP contribution in [0.15, 0.2) is 24.4 Å². The Labute approximate surface area is 107 Å². The van der Waals surface area contributed by atoms with Crippen LogP contribution in [0.4, 0.5) is 5.69 Å². The van der Waals surface area contributed by atoms with Crippen LogP contribution >= 0.6 is 0 Å². The van der Waals surface area contributed by atoms with Crippen molar-refractivity contribution in [2.24, 2.45) is 5.73 Å². The number of hydrogen-bond acceptors (Lipinski definition) is 3. The van der Waals surface area contributed by atoms with Gasteiger partial charge in [-0.05, 0) is 24.7 Å². The number of aromatic amines is 1. The molecule has 1 saturated heterocycles. The molecule has 0 amide bonds. The van der Waals surface area contributed by atoms with Gasteiger partial charge in [0.05, 0.1) is 5.69 Å². The molecule has 4 nitrogen and oxygen atoms in total. The van der Waals surface area contributed by atoms with Gasteiger partial charge in [-0.1, -0.05) is 6.07 Å². The van der Waals surface area contributed by atoms with Gasteiger partial charge in [0.15, 0.2) is 0 Å². The fraction of sp³-hybridized carbons (Fsp3) is 0.429. The molecule has 0 radical (unpaired) electrons. The zero-order valence-corrected chi connectivity index (χ0v) is 10.8. The number of likely N-dealkylation sites (N-methyl/N-ethyl adjacent to an activating group) is 1. The zero-order valence-electron chi connectivity index (χ0n) is 10.8.